The molecule has 5 heteroatoms. The molecule has 1 aromatic rings. The lowest BCUT2D eigenvalue weighted by atomic mass is 10.2. The molecule has 0 aromatic heterocycles. The summed E-state index contributed by atoms with van der Waals surface area (Å²) >= 11 is 17.2. The number of hydrogen-bond donors (Lipinski definition) is 0. The smallest absolute Gasteiger partial charge is 0.262 e. The van der Waals surface area contributed by atoms with Crippen molar-refractivity contribution in [2.24, 2.45) is 0 Å². The van der Waals surface area contributed by atoms with Crippen LogP contribution in [0.4, 0.5) is 0 Å². The number of hydrogen-bond acceptors (Lipinski definition) is 2. The molecule has 1 rings (SSSR count). The van der Waals surface area contributed by atoms with Crippen molar-refractivity contribution < 1.29 is 4.18 Å². The van der Waals surface area contributed by atoms with Crippen LogP contribution >= 0.6 is 46.8 Å². The molecule has 0 bridgehead atoms. The minimum Gasteiger partial charge on any atom is -0.307 e. The molecule has 0 radical (unpaired) electrons. The summed E-state index contributed by atoms with van der Waals surface area (Å²) in [7, 11) is 0. The molecule has 0 atom stereocenters. The van der Waals surface area contributed by atoms with Gasteiger partial charge in [0.2, 0.25) is 0 Å². The Balaban J connectivity index is 2.24. The van der Waals surface area contributed by atoms with E-state index in [1.807, 2.05) is 42.5 Å². The van der Waals surface area contributed by atoms with Gasteiger partial charge in [-0.1, -0.05) is 77.3 Å². The normalized spacial score (nSPS) is 12.2. The minimum absolute atomic E-state index is 0.396. The second kappa shape index (κ2) is 6.66. The van der Waals surface area contributed by atoms with Gasteiger partial charge >= 0.3 is 0 Å². The molecule has 0 N–H and O–H groups in total. The van der Waals surface area contributed by atoms with Gasteiger partial charge in [0.05, 0.1) is 6.61 Å². The van der Waals surface area contributed by atoms with Gasteiger partial charge in [0, 0.05) is 12.0 Å². The zero-order chi connectivity index (χ0) is 11.1. The van der Waals surface area contributed by atoms with Gasteiger partial charge < -0.3 is 4.18 Å². The molecular formula is C10H9Cl3OS. The third kappa shape index (κ3) is 7.09. The van der Waals surface area contributed by atoms with Gasteiger partial charge in [-0.2, -0.15) is 0 Å². The van der Waals surface area contributed by atoms with Gasteiger partial charge in [-0.15, -0.1) is 0 Å². The molecule has 0 amide bonds. The number of alkyl halides is 3. The molecule has 1 nitrogen and oxygen atoms in total. The van der Waals surface area contributed by atoms with Gasteiger partial charge in [0.25, 0.3) is 3.12 Å². The minimum atomic E-state index is -1.42. The van der Waals surface area contributed by atoms with E-state index < -0.39 is 3.12 Å². The first-order chi connectivity index (χ1) is 7.08. The van der Waals surface area contributed by atoms with Gasteiger partial charge in [0.15, 0.2) is 0 Å². The molecule has 0 aliphatic rings. The molecule has 82 valence electrons. The zero-order valence-electron chi connectivity index (χ0n) is 7.70. The molecule has 0 heterocycles. The second-order valence-corrected chi connectivity index (χ2v) is 6.59. The van der Waals surface area contributed by atoms with Crippen LogP contribution in [0.2, 0.25) is 0 Å². The van der Waals surface area contributed by atoms with Crippen LogP contribution in [0.5, 0.6) is 0 Å². The van der Waals surface area contributed by atoms with E-state index in [4.69, 9.17) is 39.0 Å². The first-order valence-corrected chi connectivity index (χ1v) is 6.04. The van der Waals surface area contributed by atoms with Crippen molar-refractivity contribution in [2.45, 2.75) is 3.12 Å². The zero-order valence-corrected chi connectivity index (χ0v) is 10.8. The lowest BCUT2D eigenvalue weighted by Gasteiger charge is -2.07. The van der Waals surface area contributed by atoms with E-state index in [0.717, 1.165) is 17.6 Å². The van der Waals surface area contributed by atoms with E-state index in [0.29, 0.717) is 6.61 Å². The van der Waals surface area contributed by atoms with Crippen molar-refractivity contribution in [3.05, 3.63) is 42.0 Å². The van der Waals surface area contributed by atoms with Crippen LogP contribution in [0, 0.1) is 0 Å². The van der Waals surface area contributed by atoms with E-state index >= 15 is 0 Å². The molecular weight excluding hydrogens is 275 g/mol. The lowest BCUT2D eigenvalue weighted by Crippen LogP contribution is -1.95. The highest BCUT2D eigenvalue weighted by Gasteiger charge is 2.20. The van der Waals surface area contributed by atoms with Gasteiger partial charge in [-0.05, 0) is 5.56 Å². The highest BCUT2D eigenvalue weighted by atomic mass is 35.6. The van der Waals surface area contributed by atoms with Crippen molar-refractivity contribution in [3.63, 3.8) is 0 Å². The van der Waals surface area contributed by atoms with Crippen LogP contribution in [0.1, 0.15) is 5.56 Å². The summed E-state index contributed by atoms with van der Waals surface area (Å²) in [5.74, 6) is 0. The predicted octanol–water partition coefficient (Wildman–Crippen LogP) is 4.69. The fraction of sp³-hybridized carbons (Fsp3) is 0.200. The summed E-state index contributed by atoms with van der Waals surface area (Å²) in [4.78, 5) is 0. The monoisotopic (exact) mass is 282 g/mol. The third-order valence-electron chi connectivity index (χ3n) is 1.43. The highest BCUT2D eigenvalue weighted by Crippen LogP contribution is 2.39. The predicted molar refractivity (Wildman–Crippen MR) is 69.3 cm³/mol. The maximum absolute atomic E-state index is 5.47. The standard InChI is InChI=1S/C10H9Cl3OS/c11-10(12,13)15-14-8-4-7-9-5-2-1-3-6-9/h1-7H,8H2/b7-4+. The van der Waals surface area contributed by atoms with Crippen LogP contribution in [0.15, 0.2) is 36.4 Å². The third-order valence-corrected chi connectivity index (χ3v) is 2.44. The van der Waals surface area contributed by atoms with Crippen molar-refractivity contribution in [3.8, 4) is 0 Å². The van der Waals surface area contributed by atoms with Crippen molar-refractivity contribution in [2.75, 3.05) is 6.61 Å². The lowest BCUT2D eigenvalue weighted by molar-refractivity contribution is 0.430. The number of halogens is 3. The Hall–Kier alpha value is 0.140. The largest absolute Gasteiger partial charge is 0.307 e. The van der Waals surface area contributed by atoms with Gasteiger partial charge in [-0.25, -0.2) is 0 Å². The van der Waals surface area contributed by atoms with Crippen LogP contribution in [0.25, 0.3) is 6.08 Å². The van der Waals surface area contributed by atoms with Gasteiger partial charge in [-0.3, -0.25) is 0 Å². The summed E-state index contributed by atoms with van der Waals surface area (Å²) in [5.41, 5.74) is 1.11. The first kappa shape index (κ1) is 13.2. The Labute approximate surface area is 109 Å². The summed E-state index contributed by atoms with van der Waals surface area (Å²) in [6.07, 6.45) is 3.80. The Morgan fingerprint density at radius 1 is 1.20 bits per heavy atom. The number of benzene rings is 1. The summed E-state index contributed by atoms with van der Waals surface area (Å²) < 4.78 is 3.64. The van der Waals surface area contributed by atoms with Crippen molar-refractivity contribution in [1.82, 2.24) is 0 Å². The topological polar surface area (TPSA) is 9.23 Å². The molecule has 0 fully saturated rings. The van der Waals surface area contributed by atoms with Gasteiger partial charge in [0.1, 0.15) is 0 Å². The molecule has 0 aliphatic heterocycles. The molecule has 1 aromatic carbocycles. The molecule has 0 aliphatic carbocycles. The maximum atomic E-state index is 5.47. The van der Waals surface area contributed by atoms with Crippen molar-refractivity contribution in [1.29, 1.82) is 0 Å². The fourth-order valence-electron chi connectivity index (χ4n) is 0.888. The molecule has 0 spiro atoms. The Morgan fingerprint density at radius 2 is 1.87 bits per heavy atom. The Morgan fingerprint density at radius 3 is 2.47 bits per heavy atom. The molecule has 0 saturated heterocycles. The Bertz CT molecular complexity index is 308. The SMILES string of the molecule is ClC(Cl)(Cl)SOC/C=C/c1ccccc1. The van der Waals surface area contributed by atoms with E-state index in [1.54, 1.807) is 0 Å². The Kier molecular flexibility index (Phi) is 5.87. The first-order valence-electron chi connectivity index (χ1n) is 4.17. The fourth-order valence-corrected chi connectivity index (χ4v) is 1.57. The van der Waals surface area contributed by atoms with E-state index in [9.17, 15) is 0 Å². The average Bonchev–Trinajstić information content (AvgIpc) is 2.17. The van der Waals surface area contributed by atoms with E-state index in [-0.39, 0.29) is 0 Å². The molecule has 0 unspecified atom stereocenters. The molecule has 15 heavy (non-hydrogen) atoms. The number of rotatable bonds is 4. The maximum Gasteiger partial charge on any atom is 0.262 e. The van der Waals surface area contributed by atoms with Crippen LogP contribution in [-0.2, 0) is 4.18 Å². The molecule has 0 saturated carbocycles. The second-order valence-electron chi connectivity index (χ2n) is 2.63. The van der Waals surface area contributed by atoms with E-state index in [1.165, 1.54) is 0 Å². The summed E-state index contributed by atoms with van der Waals surface area (Å²) in [6, 6.07) is 9.90. The van der Waals surface area contributed by atoms with Crippen LogP contribution in [0.3, 0.4) is 0 Å². The summed E-state index contributed by atoms with van der Waals surface area (Å²) in [6.45, 7) is 0.396. The van der Waals surface area contributed by atoms with Crippen molar-refractivity contribution >= 4 is 52.9 Å². The average molecular weight is 284 g/mol. The van der Waals surface area contributed by atoms with Crippen LogP contribution < -0.4 is 0 Å². The summed E-state index contributed by atoms with van der Waals surface area (Å²) in [5, 5.41) is 0. The van der Waals surface area contributed by atoms with Crippen LogP contribution in [-0.4, -0.2) is 9.73 Å². The van der Waals surface area contributed by atoms with E-state index in [2.05, 4.69) is 0 Å². The quantitative estimate of drug-likeness (QED) is 0.450. The highest BCUT2D eigenvalue weighted by molar-refractivity contribution is 8.00.